The SMILES string of the molecule is C.c1c[nH]cn1.c1cc[nH]c1.c1ccc2[nH]ccc2c1.c1ccc2[nH]cnc2c1.c1ccc2[nH]ncc2c1.c1ccc2occc2c1.c1ccc2sccc2c1.c1ccncc1.c1ccoc1.c1ccsc1.c1cn[nH]c1.c1cnccn1.c1cncnc1.c1nc[nH]n1.c1ncon1.c1nn[nH]n1. The molecule has 0 aliphatic rings. The molecule has 21 rings (SSSR count). The summed E-state index contributed by atoms with van der Waals surface area (Å²) in [6.07, 6.45) is 44.5. The van der Waals surface area contributed by atoms with Crippen LogP contribution in [0, 0.1) is 0 Å². The largest absolute Gasteiger partial charge is 0.473 e. The van der Waals surface area contributed by atoms with Crippen molar-refractivity contribution in [3.63, 3.8) is 0 Å². The van der Waals surface area contributed by atoms with Crippen molar-refractivity contribution >= 4 is 76.6 Å². The van der Waals surface area contributed by atoms with Gasteiger partial charge < -0.3 is 33.3 Å². The molecule has 0 bridgehead atoms. The number of nitrogens with one attached hydrogen (secondary N) is 8. The lowest BCUT2D eigenvalue weighted by molar-refractivity contribution is 0.416. The van der Waals surface area contributed by atoms with Gasteiger partial charge in [0.1, 0.15) is 24.6 Å². The van der Waals surface area contributed by atoms with Crippen LogP contribution < -0.4 is 0 Å². The van der Waals surface area contributed by atoms with Gasteiger partial charge >= 0.3 is 0 Å². The van der Waals surface area contributed by atoms with Gasteiger partial charge in [-0.2, -0.15) is 31.8 Å². The normalized spacial score (nSPS) is 8.88. The van der Waals surface area contributed by atoms with Gasteiger partial charge in [0.15, 0.2) is 12.7 Å². The van der Waals surface area contributed by atoms with E-state index in [0.29, 0.717) is 0 Å². The van der Waals surface area contributed by atoms with Crippen LogP contribution in [-0.4, -0.2) is 121 Å². The first-order chi connectivity index (χ1) is 51.3. The first-order valence-electron chi connectivity index (χ1n) is 30.7. The third-order valence-electron chi connectivity index (χ3n) is 11.4. The molecule has 29 heteroatoms. The molecule has 0 saturated carbocycles. The maximum atomic E-state index is 5.12. The molecule has 0 amide bonds. The molecule has 0 aliphatic heterocycles. The number of pyridine rings is 1. The summed E-state index contributed by atoms with van der Waals surface area (Å²) in [4.78, 5) is 45.0. The Hall–Kier alpha value is -14.6. The number of para-hydroxylation sites is 5. The van der Waals surface area contributed by atoms with Crippen LogP contribution in [0.2, 0.25) is 0 Å². The molecule has 21 aromatic rings. The van der Waals surface area contributed by atoms with Crippen molar-refractivity contribution in [3.05, 3.63) is 391 Å². The van der Waals surface area contributed by atoms with Crippen LogP contribution in [-0.2, 0) is 0 Å². The molecule has 0 saturated heterocycles. The first-order valence-corrected chi connectivity index (χ1v) is 32.6. The minimum atomic E-state index is 0. The maximum absolute atomic E-state index is 5.12. The van der Waals surface area contributed by atoms with Crippen LogP contribution in [0.3, 0.4) is 0 Å². The number of nitrogens with zero attached hydrogens (tertiary/aromatic N) is 16. The van der Waals surface area contributed by atoms with Crippen molar-refractivity contribution in [1.29, 1.82) is 0 Å². The Morgan fingerprint density at radius 1 is 0.365 bits per heavy atom. The molecule has 16 heterocycles. The van der Waals surface area contributed by atoms with Crippen LogP contribution in [0.1, 0.15) is 7.43 Å². The van der Waals surface area contributed by atoms with Gasteiger partial charge in [0.2, 0.25) is 6.39 Å². The van der Waals surface area contributed by atoms with Gasteiger partial charge in [-0.05, 0) is 130 Å². The second kappa shape index (κ2) is 57.5. The lowest BCUT2D eigenvalue weighted by atomic mass is 10.3. The Bertz CT molecular complexity index is 3830. The third-order valence-corrected chi connectivity index (χ3v) is 13.0. The highest BCUT2D eigenvalue weighted by Crippen LogP contribution is 2.19. The van der Waals surface area contributed by atoms with Gasteiger partial charge in [-0.15, -0.1) is 21.5 Å². The average Bonchev–Trinajstić information content (AvgIpc) is 1.80. The zero-order valence-electron chi connectivity index (χ0n) is 55.1. The standard InChI is InChI=1S/C8H7N.C8H6O.C8H6S.2C7H6N2.C5H5N.2C4H4N2.C4H5N.C4H4O.C4H4S.2C3H4N2.C2H3N3.C2H2N2O.CH2N4.CH4/c3*1-2-4-8-7(3-1)5-6-9-8;1-2-4-7-6(3-1)8-5-9-7;1-2-4-7-6(3-1)5-8-9-7;1-2-4-6-5-3-1;1-2-6-4-3-5-1;1-2-5-4-6-3-1;3*1-2-4-5-3-1;1-2-5-3-4-1;1-2-4-5-3-1;2*1-3-2-5-4-1;1-2-4-5-3-1;/h1-6,9H;2*1-6H;2*1-5H,(H,8,9);1-5H;2*1-4H;1-5H;2*1-4H;2*1-3H,(H,4,5);1-2H,(H,3,4,5);1-2H;1H,(H,2,3,4,5);1H4. The second-order valence-electron chi connectivity index (χ2n) is 18.5. The van der Waals surface area contributed by atoms with E-state index in [0.717, 1.165) is 32.9 Å². The first kappa shape index (κ1) is 80.1. The Balaban J connectivity index is 0.000000201. The highest BCUT2D eigenvalue weighted by atomic mass is 32.1. The number of fused-ring (bicyclic) bond motifs is 5. The molecule has 0 radical (unpaired) electrons. The maximum Gasteiger partial charge on any atom is 0.213 e. The number of furan rings is 2. The molecular formula is C75H76N24O3S2. The summed E-state index contributed by atoms with van der Waals surface area (Å²) in [6.45, 7) is 0. The summed E-state index contributed by atoms with van der Waals surface area (Å²) in [5.74, 6) is 0. The van der Waals surface area contributed by atoms with Crippen LogP contribution in [0.15, 0.2) is 404 Å². The van der Waals surface area contributed by atoms with E-state index in [-0.39, 0.29) is 7.43 Å². The summed E-state index contributed by atoms with van der Waals surface area (Å²) >= 11 is 3.50. The number of aromatic nitrogens is 24. The number of tetrazole rings is 1. The van der Waals surface area contributed by atoms with E-state index in [9.17, 15) is 0 Å². The number of hydrogen-bond donors (Lipinski definition) is 8. The van der Waals surface area contributed by atoms with Crippen molar-refractivity contribution in [3.8, 4) is 0 Å². The predicted octanol–water partition coefficient (Wildman–Crippen LogP) is 17.2. The molecule has 5 aromatic carbocycles. The fourth-order valence-corrected chi connectivity index (χ4v) is 8.23. The fraction of sp³-hybridized carbons (Fsp3) is 0.0133. The van der Waals surface area contributed by atoms with Gasteiger partial charge in [0.05, 0.1) is 54.2 Å². The molecule has 0 unspecified atom stereocenters. The van der Waals surface area contributed by atoms with Crippen molar-refractivity contribution in [1.82, 2.24) is 121 Å². The van der Waals surface area contributed by atoms with E-state index in [1.165, 1.54) is 59.0 Å². The lowest BCUT2D eigenvalue weighted by Gasteiger charge is -1.83. The van der Waals surface area contributed by atoms with Crippen molar-refractivity contribution < 1.29 is 13.4 Å². The number of H-pyrrole nitrogens is 8. The average molecular weight is 1430 g/mol. The van der Waals surface area contributed by atoms with Crippen LogP contribution >= 0.6 is 22.7 Å². The quantitative estimate of drug-likeness (QED) is 0.0699. The van der Waals surface area contributed by atoms with Gasteiger partial charge in [-0.1, -0.05) is 121 Å². The molecule has 526 valence electrons. The van der Waals surface area contributed by atoms with Crippen LogP contribution in [0.5, 0.6) is 0 Å². The minimum Gasteiger partial charge on any atom is -0.473 e. The van der Waals surface area contributed by atoms with Crippen LogP contribution in [0.25, 0.3) is 53.9 Å². The number of imidazole rings is 2. The number of aromatic amines is 8. The monoisotopic (exact) mass is 1420 g/mol. The van der Waals surface area contributed by atoms with E-state index in [1.807, 2.05) is 187 Å². The third kappa shape index (κ3) is 39.6. The number of hydrogen-bond acceptors (Lipinski definition) is 21. The number of thiophene rings is 2. The Morgan fingerprint density at radius 2 is 1.07 bits per heavy atom. The van der Waals surface area contributed by atoms with Crippen LogP contribution in [0.4, 0.5) is 0 Å². The molecule has 8 N–H and O–H groups in total. The number of rotatable bonds is 0. The molecule has 16 aromatic heterocycles. The zero-order valence-corrected chi connectivity index (χ0v) is 56.8. The van der Waals surface area contributed by atoms with Crippen molar-refractivity contribution in [2.45, 2.75) is 7.43 Å². The second-order valence-corrected chi connectivity index (χ2v) is 20.2. The summed E-state index contributed by atoms with van der Waals surface area (Å²) in [7, 11) is 0. The Labute approximate surface area is 606 Å². The van der Waals surface area contributed by atoms with Crippen molar-refractivity contribution in [2.24, 2.45) is 0 Å². The molecule has 27 nitrogen and oxygen atoms in total. The van der Waals surface area contributed by atoms with E-state index in [1.54, 1.807) is 135 Å². The summed E-state index contributed by atoms with van der Waals surface area (Å²) in [5.41, 5.74) is 5.38. The van der Waals surface area contributed by atoms with Gasteiger partial charge in [-0.25, -0.2) is 29.9 Å². The van der Waals surface area contributed by atoms with E-state index in [4.69, 9.17) is 4.42 Å². The zero-order chi connectivity index (χ0) is 71.5. The van der Waals surface area contributed by atoms with Gasteiger partial charge in [0.25, 0.3) is 0 Å². The van der Waals surface area contributed by atoms with E-state index < -0.39 is 0 Å². The molecule has 0 spiro atoms. The summed E-state index contributed by atoms with van der Waals surface area (Å²) in [6, 6.07) is 67.6. The summed E-state index contributed by atoms with van der Waals surface area (Å²) < 4.78 is 15.3. The molecule has 0 fully saturated rings. The molecular weight excluding hydrogens is 1350 g/mol. The predicted molar refractivity (Wildman–Crippen MR) is 409 cm³/mol. The fourth-order valence-electron chi connectivity index (χ4n) is 6.98. The minimum absolute atomic E-state index is 0. The number of benzene rings is 5. The van der Waals surface area contributed by atoms with Gasteiger partial charge in [0, 0.05) is 114 Å². The molecule has 0 atom stereocenters. The Morgan fingerprint density at radius 3 is 1.51 bits per heavy atom. The topological polar surface area (TPSA) is 372 Å². The molecule has 0 aliphatic carbocycles. The van der Waals surface area contributed by atoms with E-state index in [2.05, 4.69) is 184 Å². The lowest BCUT2D eigenvalue weighted by Crippen LogP contribution is -1.66. The highest BCUT2D eigenvalue weighted by Gasteiger charge is 1.92. The molecule has 104 heavy (non-hydrogen) atoms. The van der Waals surface area contributed by atoms with Crippen molar-refractivity contribution in [2.75, 3.05) is 0 Å². The Kier molecular flexibility index (Phi) is 44.3. The highest BCUT2D eigenvalue weighted by molar-refractivity contribution is 7.17. The van der Waals surface area contributed by atoms with Gasteiger partial charge in [-0.3, -0.25) is 30.2 Å². The smallest absolute Gasteiger partial charge is 0.213 e. The summed E-state index contributed by atoms with van der Waals surface area (Å²) in [5, 5.41) is 45.5. The van der Waals surface area contributed by atoms with E-state index >= 15 is 0 Å².